The predicted molar refractivity (Wildman–Crippen MR) is 90.0 cm³/mol. The Hall–Kier alpha value is -1.23. The van der Waals surface area contributed by atoms with Crippen molar-refractivity contribution >= 4 is 5.97 Å². The third-order valence-corrected chi connectivity index (χ3v) is 3.44. The number of hydrogen-bond acceptors (Lipinski definition) is 2. The molecule has 21 heavy (non-hydrogen) atoms. The van der Waals surface area contributed by atoms with Gasteiger partial charge in [-0.05, 0) is 31.8 Å². The molecule has 2 heteroatoms. The molecule has 120 valence electrons. The standard InChI is InChI=1S/C19H32O2/c1-3-4-5-6-7-8-9-10-11-12-13-14-15-16-17-18-19(20)21-2/h8-9H,3-7,12-18H2,1-2H3/b9-8-. The molecule has 2 nitrogen and oxygen atoms in total. The minimum absolute atomic E-state index is 0.0950. The van der Waals surface area contributed by atoms with E-state index in [1.54, 1.807) is 0 Å². The van der Waals surface area contributed by atoms with Gasteiger partial charge < -0.3 is 4.74 Å². The number of carbonyl (C=O) groups excluding carboxylic acids is 1. The van der Waals surface area contributed by atoms with Crippen molar-refractivity contribution in [2.24, 2.45) is 0 Å². The first kappa shape index (κ1) is 19.8. The van der Waals surface area contributed by atoms with Crippen LogP contribution in [0.5, 0.6) is 0 Å². The van der Waals surface area contributed by atoms with Gasteiger partial charge in [0.05, 0.1) is 7.11 Å². The summed E-state index contributed by atoms with van der Waals surface area (Å²) in [4.78, 5) is 10.9. The third kappa shape index (κ3) is 16.7. The highest BCUT2D eigenvalue weighted by molar-refractivity contribution is 5.68. The smallest absolute Gasteiger partial charge is 0.305 e. The van der Waals surface area contributed by atoms with Crippen LogP contribution >= 0.6 is 0 Å². The zero-order valence-electron chi connectivity index (χ0n) is 14.0. The van der Waals surface area contributed by atoms with Crippen LogP contribution in [0.3, 0.4) is 0 Å². The van der Waals surface area contributed by atoms with E-state index in [2.05, 4.69) is 29.6 Å². The summed E-state index contributed by atoms with van der Waals surface area (Å²) in [6.07, 6.45) is 17.8. The molecule has 0 bridgehead atoms. The van der Waals surface area contributed by atoms with Gasteiger partial charge in [0.1, 0.15) is 0 Å². The van der Waals surface area contributed by atoms with E-state index in [0.29, 0.717) is 6.42 Å². The van der Waals surface area contributed by atoms with Crippen molar-refractivity contribution in [3.05, 3.63) is 12.2 Å². The van der Waals surface area contributed by atoms with Crippen molar-refractivity contribution in [2.45, 2.75) is 84.0 Å². The van der Waals surface area contributed by atoms with Gasteiger partial charge in [0, 0.05) is 12.8 Å². The number of esters is 1. The molecule has 0 amide bonds. The molecule has 0 heterocycles. The van der Waals surface area contributed by atoms with Gasteiger partial charge in [-0.15, -0.1) is 0 Å². The molecule has 0 unspecified atom stereocenters. The topological polar surface area (TPSA) is 26.3 Å². The van der Waals surface area contributed by atoms with E-state index in [1.807, 2.05) is 6.08 Å². The minimum atomic E-state index is -0.0950. The Morgan fingerprint density at radius 3 is 2.48 bits per heavy atom. The van der Waals surface area contributed by atoms with E-state index in [4.69, 9.17) is 0 Å². The van der Waals surface area contributed by atoms with Gasteiger partial charge in [-0.25, -0.2) is 0 Å². The number of rotatable bonds is 12. The van der Waals surface area contributed by atoms with Gasteiger partial charge >= 0.3 is 5.97 Å². The molecular weight excluding hydrogens is 260 g/mol. The monoisotopic (exact) mass is 292 g/mol. The molecule has 0 aliphatic heterocycles. The molecule has 0 rings (SSSR count). The lowest BCUT2D eigenvalue weighted by atomic mass is 10.1. The maximum atomic E-state index is 10.9. The van der Waals surface area contributed by atoms with E-state index >= 15 is 0 Å². The second-order valence-electron chi connectivity index (χ2n) is 5.42. The molecule has 0 N–H and O–H groups in total. The van der Waals surface area contributed by atoms with Crippen LogP contribution in [0.15, 0.2) is 12.2 Å². The maximum Gasteiger partial charge on any atom is 0.305 e. The number of carbonyl (C=O) groups is 1. The Labute approximate surface area is 131 Å². The number of unbranched alkanes of at least 4 members (excludes halogenated alkanes) is 9. The third-order valence-electron chi connectivity index (χ3n) is 3.44. The summed E-state index contributed by atoms with van der Waals surface area (Å²) >= 11 is 0. The summed E-state index contributed by atoms with van der Waals surface area (Å²) in [5.74, 6) is 6.21. The average Bonchev–Trinajstić information content (AvgIpc) is 2.50. The SMILES string of the molecule is CCCCCC/C=C\C#CCCCCCCCC(=O)OC. The van der Waals surface area contributed by atoms with E-state index < -0.39 is 0 Å². The van der Waals surface area contributed by atoms with Crippen LogP contribution in [0, 0.1) is 11.8 Å². The summed E-state index contributed by atoms with van der Waals surface area (Å²) in [6, 6.07) is 0. The van der Waals surface area contributed by atoms with Gasteiger partial charge in [-0.1, -0.05) is 63.4 Å². The predicted octanol–water partition coefficient (Wildman–Crippen LogP) is 5.42. The Bertz CT molecular complexity index is 320. The molecule has 0 aromatic heterocycles. The summed E-state index contributed by atoms with van der Waals surface area (Å²) in [5, 5.41) is 0. The van der Waals surface area contributed by atoms with Gasteiger partial charge in [-0.3, -0.25) is 4.79 Å². The molecule has 0 saturated heterocycles. The Kier molecular flexibility index (Phi) is 15.8. The zero-order chi connectivity index (χ0) is 15.6. The van der Waals surface area contributed by atoms with Crippen molar-refractivity contribution in [1.29, 1.82) is 0 Å². The molecule has 0 saturated carbocycles. The zero-order valence-corrected chi connectivity index (χ0v) is 14.0. The number of methoxy groups -OCH3 is 1. The second-order valence-corrected chi connectivity index (χ2v) is 5.42. The summed E-state index contributed by atoms with van der Waals surface area (Å²) in [7, 11) is 1.45. The normalized spacial score (nSPS) is 10.4. The molecule has 0 radical (unpaired) electrons. The first-order valence-corrected chi connectivity index (χ1v) is 8.51. The average molecular weight is 292 g/mol. The van der Waals surface area contributed by atoms with Gasteiger partial charge in [0.15, 0.2) is 0 Å². The van der Waals surface area contributed by atoms with E-state index in [1.165, 1.54) is 45.6 Å². The first-order chi connectivity index (χ1) is 10.3. The van der Waals surface area contributed by atoms with Crippen LogP contribution in [0.1, 0.15) is 84.0 Å². The first-order valence-electron chi connectivity index (χ1n) is 8.51. The Morgan fingerprint density at radius 1 is 1.00 bits per heavy atom. The molecule has 0 aromatic rings. The highest BCUT2D eigenvalue weighted by atomic mass is 16.5. The quantitative estimate of drug-likeness (QED) is 0.273. The summed E-state index contributed by atoms with van der Waals surface area (Å²) in [6.45, 7) is 2.24. The van der Waals surface area contributed by atoms with Crippen molar-refractivity contribution in [3.63, 3.8) is 0 Å². The number of hydrogen-bond donors (Lipinski definition) is 0. The van der Waals surface area contributed by atoms with Gasteiger partial charge in [0.25, 0.3) is 0 Å². The number of ether oxygens (including phenoxy) is 1. The molecular formula is C19H32O2. The van der Waals surface area contributed by atoms with Crippen LogP contribution in [0.4, 0.5) is 0 Å². The van der Waals surface area contributed by atoms with E-state index in [0.717, 1.165) is 32.1 Å². The maximum absolute atomic E-state index is 10.9. The van der Waals surface area contributed by atoms with Crippen molar-refractivity contribution in [3.8, 4) is 11.8 Å². The van der Waals surface area contributed by atoms with Gasteiger partial charge in [-0.2, -0.15) is 0 Å². The molecule has 0 aromatic carbocycles. The lowest BCUT2D eigenvalue weighted by Gasteiger charge is -1.99. The minimum Gasteiger partial charge on any atom is -0.469 e. The lowest BCUT2D eigenvalue weighted by molar-refractivity contribution is -0.140. The molecule has 0 spiro atoms. The lowest BCUT2D eigenvalue weighted by Crippen LogP contribution is -1.99. The highest BCUT2D eigenvalue weighted by Crippen LogP contribution is 2.07. The summed E-state index contributed by atoms with van der Waals surface area (Å²) < 4.78 is 4.61. The number of allylic oxidation sites excluding steroid dienone is 2. The fourth-order valence-corrected chi connectivity index (χ4v) is 2.08. The van der Waals surface area contributed by atoms with E-state index in [-0.39, 0.29) is 5.97 Å². The molecule has 0 fully saturated rings. The summed E-state index contributed by atoms with van der Waals surface area (Å²) in [5.41, 5.74) is 0. The van der Waals surface area contributed by atoms with Crippen molar-refractivity contribution in [2.75, 3.05) is 7.11 Å². The van der Waals surface area contributed by atoms with Gasteiger partial charge in [0.2, 0.25) is 0 Å². The van der Waals surface area contributed by atoms with Crippen molar-refractivity contribution < 1.29 is 9.53 Å². The Balaban J connectivity index is 3.26. The van der Waals surface area contributed by atoms with Crippen LogP contribution in [-0.4, -0.2) is 13.1 Å². The second kappa shape index (κ2) is 16.8. The van der Waals surface area contributed by atoms with Crippen LogP contribution in [0.2, 0.25) is 0 Å². The highest BCUT2D eigenvalue weighted by Gasteiger charge is 1.98. The van der Waals surface area contributed by atoms with Crippen LogP contribution < -0.4 is 0 Å². The molecule has 0 atom stereocenters. The Morgan fingerprint density at radius 2 is 1.71 bits per heavy atom. The fourth-order valence-electron chi connectivity index (χ4n) is 2.08. The van der Waals surface area contributed by atoms with Crippen LogP contribution in [-0.2, 0) is 9.53 Å². The van der Waals surface area contributed by atoms with Crippen LogP contribution in [0.25, 0.3) is 0 Å². The molecule has 0 aliphatic carbocycles. The fraction of sp³-hybridized carbons (Fsp3) is 0.737. The van der Waals surface area contributed by atoms with E-state index in [9.17, 15) is 4.79 Å². The molecule has 0 aliphatic rings. The van der Waals surface area contributed by atoms with Crippen molar-refractivity contribution in [1.82, 2.24) is 0 Å². The largest absolute Gasteiger partial charge is 0.469 e.